The number of thiol groups is 1. The summed E-state index contributed by atoms with van der Waals surface area (Å²) in [5, 5.41) is 7.87. The number of ether oxygens (including phenoxy) is 1. The smallest absolute Gasteiger partial charge is 0.141 e. The fraction of sp³-hybridized carbons (Fsp3) is 0.226. The van der Waals surface area contributed by atoms with Crippen molar-refractivity contribution in [2.75, 3.05) is 17.6 Å². The molecular formula is C31H32ClFN4O2S. The van der Waals surface area contributed by atoms with E-state index in [9.17, 15) is 4.39 Å². The van der Waals surface area contributed by atoms with Gasteiger partial charge in [0.2, 0.25) is 0 Å². The van der Waals surface area contributed by atoms with Gasteiger partial charge in [0.1, 0.15) is 41.8 Å². The van der Waals surface area contributed by atoms with Crippen molar-refractivity contribution >= 4 is 46.6 Å². The zero-order chi connectivity index (χ0) is 28.3. The summed E-state index contributed by atoms with van der Waals surface area (Å²) in [7, 11) is 0. The van der Waals surface area contributed by atoms with Crippen LogP contribution in [-0.2, 0) is 13.2 Å². The standard InChI is InChI=1S/C28H24ClFN4O2S.C3H8/c29-24-14-21(5-8-27(24)35-16-18-2-1-3-20(30)12-18)34-28-23-13-19(4-7-25(23)32-17-33-28)26-9-6-22(36-26)15-31-10-11-37;1-3-2/h1-9,12-14,17,31,37H,10-11,15-16H2,(H,32,33,34);3H2,1-2H3. The Hall–Kier alpha value is -3.59. The minimum Gasteiger partial charge on any atom is -0.487 e. The average molecular weight is 579 g/mol. The Morgan fingerprint density at radius 3 is 2.62 bits per heavy atom. The van der Waals surface area contributed by atoms with E-state index in [1.807, 2.05) is 36.4 Å². The number of hydrogen-bond donors (Lipinski definition) is 3. The summed E-state index contributed by atoms with van der Waals surface area (Å²) < 4.78 is 25.2. The maximum atomic E-state index is 13.4. The number of aromatic nitrogens is 2. The van der Waals surface area contributed by atoms with Gasteiger partial charge in [-0.3, -0.25) is 0 Å². The van der Waals surface area contributed by atoms with Crippen LogP contribution < -0.4 is 15.4 Å². The fourth-order valence-corrected chi connectivity index (χ4v) is 4.24. The molecule has 0 radical (unpaired) electrons. The molecule has 2 heterocycles. The minimum absolute atomic E-state index is 0.212. The number of halogens is 2. The van der Waals surface area contributed by atoms with Gasteiger partial charge in [0, 0.05) is 28.9 Å². The molecule has 40 heavy (non-hydrogen) atoms. The molecule has 0 aliphatic heterocycles. The molecule has 0 saturated carbocycles. The predicted molar refractivity (Wildman–Crippen MR) is 164 cm³/mol. The first-order valence-electron chi connectivity index (χ1n) is 13.1. The molecule has 0 atom stereocenters. The molecule has 0 spiro atoms. The van der Waals surface area contributed by atoms with Gasteiger partial charge in [-0.1, -0.05) is 44.0 Å². The maximum absolute atomic E-state index is 13.4. The van der Waals surface area contributed by atoms with Crippen LogP contribution in [0.1, 0.15) is 31.6 Å². The molecule has 208 valence electrons. The van der Waals surface area contributed by atoms with E-state index in [1.54, 1.807) is 24.3 Å². The monoisotopic (exact) mass is 578 g/mol. The number of fused-ring (bicyclic) bond motifs is 1. The number of benzene rings is 3. The van der Waals surface area contributed by atoms with Crippen molar-refractivity contribution < 1.29 is 13.5 Å². The molecule has 0 saturated heterocycles. The SMILES string of the molecule is CCC.Fc1cccc(COc2ccc(Nc3ncnc4ccc(-c5ccc(CNCCS)o5)cc34)cc2Cl)c1. The summed E-state index contributed by atoms with van der Waals surface area (Å²) in [6, 6.07) is 21.5. The highest BCUT2D eigenvalue weighted by Crippen LogP contribution is 2.32. The van der Waals surface area contributed by atoms with Gasteiger partial charge in [0.05, 0.1) is 17.1 Å². The van der Waals surface area contributed by atoms with Gasteiger partial charge in [-0.25, -0.2) is 14.4 Å². The number of nitrogens with one attached hydrogen (secondary N) is 2. The van der Waals surface area contributed by atoms with Crippen LogP contribution in [0.4, 0.5) is 15.9 Å². The van der Waals surface area contributed by atoms with Gasteiger partial charge in [-0.2, -0.15) is 12.6 Å². The molecule has 9 heteroatoms. The molecule has 5 rings (SSSR count). The van der Waals surface area contributed by atoms with E-state index in [-0.39, 0.29) is 12.4 Å². The number of nitrogens with zero attached hydrogens (tertiary/aromatic N) is 2. The Morgan fingerprint density at radius 1 is 1.00 bits per heavy atom. The van der Waals surface area contributed by atoms with Gasteiger partial charge >= 0.3 is 0 Å². The van der Waals surface area contributed by atoms with Crippen molar-refractivity contribution in [2.24, 2.45) is 0 Å². The van der Waals surface area contributed by atoms with Gasteiger partial charge in [0.15, 0.2) is 0 Å². The Morgan fingerprint density at radius 2 is 1.85 bits per heavy atom. The highest BCUT2D eigenvalue weighted by Gasteiger charge is 2.11. The summed E-state index contributed by atoms with van der Waals surface area (Å²) >= 11 is 10.7. The predicted octanol–water partition coefficient (Wildman–Crippen LogP) is 8.44. The molecular weight excluding hydrogens is 547 g/mol. The third-order valence-corrected chi connectivity index (χ3v) is 6.17. The molecule has 0 aliphatic carbocycles. The summed E-state index contributed by atoms with van der Waals surface area (Å²) in [6.45, 7) is 5.92. The molecule has 6 nitrogen and oxygen atoms in total. The lowest BCUT2D eigenvalue weighted by molar-refractivity contribution is 0.306. The van der Waals surface area contributed by atoms with E-state index < -0.39 is 0 Å². The number of rotatable bonds is 10. The van der Waals surface area contributed by atoms with E-state index in [2.05, 4.69) is 47.1 Å². The van der Waals surface area contributed by atoms with Gasteiger partial charge in [0.25, 0.3) is 0 Å². The van der Waals surface area contributed by atoms with Crippen molar-refractivity contribution in [2.45, 2.75) is 33.4 Å². The van der Waals surface area contributed by atoms with E-state index in [4.69, 9.17) is 20.8 Å². The Bertz CT molecular complexity index is 1550. The number of hydrogen-bond acceptors (Lipinski definition) is 7. The van der Waals surface area contributed by atoms with E-state index in [0.717, 1.165) is 51.5 Å². The van der Waals surface area contributed by atoms with Crippen molar-refractivity contribution in [3.8, 4) is 17.1 Å². The van der Waals surface area contributed by atoms with E-state index in [1.165, 1.54) is 24.9 Å². The lowest BCUT2D eigenvalue weighted by Gasteiger charge is -2.12. The Kier molecular flexibility index (Phi) is 10.8. The molecule has 0 bridgehead atoms. The van der Waals surface area contributed by atoms with Gasteiger partial charge < -0.3 is 19.8 Å². The van der Waals surface area contributed by atoms with Gasteiger partial charge in [-0.15, -0.1) is 0 Å². The van der Waals surface area contributed by atoms with Crippen LogP contribution in [0.15, 0.2) is 83.5 Å². The second-order valence-corrected chi connectivity index (χ2v) is 9.87. The van der Waals surface area contributed by atoms with Crippen LogP contribution in [0, 0.1) is 5.82 Å². The highest BCUT2D eigenvalue weighted by molar-refractivity contribution is 7.80. The quantitative estimate of drug-likeness (QED) is 0.114. The summed E-state index contributed by atoms with van der Waals surface area (Å²) in [5.74, 6) is 3.23. The molecule has 3 aromatic carbocycles. The normalized spacial score (nSPS) is 10.7. The maximum Gasteiger partial charge on any atom is 0.141 e. The lowest BCUT2D eigenvalue weighted by atomic mass is 10.1. The number of anilines is 2. The molecule has 0 amide bonds. The minimum atomic E-state index is -0.305. The van der Waals surface area contributed by atoms with Crippen molar-refractivity contribution in [3.63, 3.8) is 0 Å². The zero-order valence-electron chi connectivity index (χ0n) is 22.5. The average Bonchev–Trinajstić information content (AvgIpc) is 3.42. The third-order valence-electron chi connectivity index (χ3n) is 5.65. The van der Waals surface area contributed by atoms with E-state index in [0.29, 0.717) is 23.1 Å². The molecule has 0 fully saturated rings. The van der Waals surface area contributed by atoms with Crippen LogP contribution in [-0.4, -0.2) is 22.3 Å². The summed E-state index contributed by atoms with van der Waals surface area (Å²) in [5.41, 5.74) is 3.18. The first kappa shape index (κ1) is 29.4. The third kappa shape index (κ3) is 7.97. The molecule has 2 aromatic heterocycles. The van der Waals surface area contributed by atoms with Crippen molar-refractivity contribution in [1.29, 1.82) is 0 Å². The van der Waals surface area contributed by atoms with Crippen LogP contribution in [0.2, 0.25) is 5.02 Å². The summed E-state index contributed by atoms with van der Waals surface area (Å²) in [6.07, 6.45) is 2.76. The molecule has 5 aromatic rings. The second kappa shape index (κ2) is 14.7. The largest absolute Gasteiger partial charge is 0.487 e. The number of furan rings is 1. The zero-order valence-corrected chi connectivity index (χ0v) is 24.1. The van der Waals surface area contributed by atoms with Crippen LogP contribution in [0.25, 0.3) is 22.2 Å². The first-order valence-corrected chi connectivity index (χ1v) is 14.1. The van der Waals surface area contributed by atoms with Crippen LogP contribution in [0.3, 0.4) is 0 Å². The lowest BCUT2D eigenvalue weighted by Crippen LogP contribution is -2.15. The topological polar surface area (TPSA) is 72.2 Å². The van der Waals surface area contributed by atoms with Gasteiger partial charge in [-0.05, 0) is 66.2 Å². The summed E-state index contributed by atoms with van der Waals surface area (Å²) in [4.78, 5) is 8.84. The fourth-order valence-electron chi connectivity index (χ4n) is 3.85. The van der Waals surface area contributed by atoms with E-state index >= 15 is 0 Å². The van der Waals surface area contributed by atoms with Crippen molar-refractivity contribution in [1.82, 2.24) is 15.3 Å². The Balaban J connectivity index is 0.00000118. The second-order valence-electron chi connectivity index (χ2n) is 9.02. The first-order chi connectivity index (χ1) is 19.5. The molecule has 0 unspecified atom stereocenters. The molecule has 2 N–H and O–H groups in total. The highest BCUT2D eigenvalue weighted by atomic mass is 35.5. The van der Waals surface area contributed by atoms with Crippen LogP contribution >= 0.6 is 24.2 Å². The van der Waals surface area contributed by atoms with Crippen LogP contribution in [0.5, 0.6) is 5.75 Å². The molecule has 0 aliphatic rings. The Labute approximate surface area is 244 Å². The van der Waals surface area contributed by atoms with Crippen molar-refractivity contribution in [3.05, 3.63) is 101 Å².